The van der Waals surface area contributed by atoms with Gasteiger partial charge in [-0.3, -0.25) is 4.79 Å². The monoisotopic (exact) mass is 404 g/mol. The maximum Gasteiger partial charge on any atom is 0.338 e. The van der Waals surface area contributed by atoms with Gasteiger partial charge in [0.05, 0.1) is 18.2 Å². The van der Waals surface area contributed by atoms with Gasteiger partial charge in [0.15, 0.2) is 5.43 Å². The molecule has 0 radical (unpaired) electrons. The summed E-state index contributed by atoms with van der Waals surface area (Å²) < 4.78 is 16.6. The van der Waals surface area contributed by atoms with Crippen molar-refractivity contribution in [2.75, 3.05) is 7.11 Å². The highest BCUT2D eigenvalue weighted by Crippen LogP contribution is 2.25. The Morgan fingerprint density at radius 3 is 2.27 bits per heavy atom. The Bertz CT molecular complexity index is 1080. The second kappa shape index (κ2) is 9.74. The van der Waals surface area contributed by atoms with Gasteiger partial charge >= 0.3 is 5.97 Å². The Labute approximate surface area is 175 Å². The summed E-state index contributed by atoms with van der Waals surface area (Å²) in [6.07, 6.45) is 3.48. The molecule has 0 saturated carbocycles. The summed E-state index contributed by atoms with van der Waals surface area (Å²) in [5.74, 6) is 0.224. The van der Waals surface area contributed by atoms with Crippen LogP contribution in [0.15, 0.2) is 76.0 Å². The molecule has 0 saturated heterocycles. The lowest BCUT2D eigenvalue weighted by atomic mass is 10.1. The highest BCUT2D eigenvalue weighted by atomic mass is 16.6. The molecule has 3 rings (SSSR count). The van der Waals surface area contributed by atoms with Crippen LogP contribution >= 0.6 is 0 Å². The van der Waals surface area contributed by atoms with Gasteiger partial charge in [-0.05, 0) is 37.6 Å². The first kappa shape index (κ1) is 21.1. The normalized spacial score (nSPS) is 12.0. The molecule has 5 heteroatoms. The van der Waals surface area contributed by atoms with Gasteiger partial charge in [-0.1, -0.05) is 54.6 Å². The van der Waals surface area contributed by atoms with Crippen molar-refractivity contribution in [3.8, 4) is 5.95 Å². The maximum atomic E-state index is 12.6. The van der Waals surface area contributed by atoms with E-state index >= 15 is 0 Å². The number of hydrogen-bond donors (Lipinski definition) is 0. The molecule has 1 atom stereocenters. The number of carbonyl (C=O) groups is 1. The lowest BCUT2D eigenvalue weighted by Gasteiger charge is -2.17. The Morgan fingerprint density at radius 2 is 1.63 bits per heavy atom. The van der Waals surface area contributed by atoms with Crippen LogP contribution in [0.1, 0.15) is 45.3 Å². The molecular weight excluding hydrogens is 380 g/mol. The zero-order valence-corrected chi connectivity index (χ0v) is 17.3. The van der Waals surface area contributed by atoms with E-state index in [1.54, 1.807) is 44.2 Å². The molecule has 154 valence electrons. The number of hydrogen-bond acceptors (Lipinski definition) is 5. The van der Waals surface area contributed by atoms with Crippen LogP contribution in [0.2, 0.25) is 0 Å². The molecule has 3 aromatic rings. The van der Waals surface area contributed by atoms with E-state index < -0.39 is 12.1 Å². The van der Waals surface area contributed by atoms with E-state index in [0.29, 0.717) is 28.9 Å². The van der Waals surface area contributed by atoms with Crippen molar-refractivity contribution >= 4 is 12.0 Å². The molecule has 0 bridgehead atoms. The molecule has 5 nitrogen and oxygen atoms in total. The average molecular weight is 404 g/mol. The lowest BCUT2D eigenvalue weighted by Crippen LogP contribution is -2.12. The fourth-order valence-electron chi connectivity index (χ4n) is 3.08. The van der Waals surface area contributed by atoms with E-state index in [1.165, 1.54) is 7.11 Å². The van der Waals surface area contributed by atoms with Gasteiger partial charge in [-0.15, -0.1) is 0 Å². The molecule has 0 fully saturated rings. The summed E-state index contributed by atoms with van der Waals surface area (Å²) in [6.45, 7) is 3.38. The number of rotatable bonds is 7. The third kappa shape index (κ3) is 4.87. The number of esters is 1. The molecule has 0 aliphatic carbocycles. The van der Waals surface area contributed by atoms with E-state index in [9.17, 15) is 9.59 Å². The first-order chi connectivity index (χ1) is 14.5. The molecule has 0 amide bonds. The Morgan fingerprint density at radius 1 is 1.00 bits per heavy atom. The minimum atomic E-state index is -0.477. The minimum Gasteiger partial charge on any atom is -0.468 e. The molecule has 0 aliphatic heterocycles. The second-order valence-corrected chi connectivity index (χ2v) is 6.85. The van der Waals surface area contributed by atoms with Gasteiger partial charge in [-0.2, -0.15) is 0 Å². The van der Waals surface area contributed by atoms with Crippen molar-refractivity contribution in [1.29, 1.82) is 0 Å². The van der Waals surface area contributed by atoms with Crippen molar-refractivity contribution in [2.24, 2.45) is 0 Å². The predicted octanol–water partition coefficient (Wildman–Crippen LogP) is 5.27. The molecule has 2 aromatic carbocycles. The smallest absolute Gasteiger partial charge is 0.338 e. The predicted molar refractivity (Wildman–Crippen MR) is 116 cm³/mol. The molecule has 1 heterocycles. The van der Waals surface area contributed by atoms with Crippen molar-refractivity contribution in [2.45, 2.75) is 26.4 Å². The molecule has 30 heavy (non-hydrogen) atoms. The maximum absolute atomic E-state index is 12.6. The van der Waals surface area contributed by atoms with Gasteiger partial charge in [0, 0.05) is 12.0 Å². The van der Waals surface area contributed by atoms with Crippen LogP contribution in [-0.4, -0.2) is 13.1 Å². The van der Waals surface area contributed by atoms with Gasteiger partial charge in [0.2, 0.25) is 0 Å². The van der Waals surface area contributed by atoms with E-state index in [2.05, 4.69) is 0 Å². The summed E-state index contributed by atoms with van der Waals surface area (Å²) in [6, 6.07) is 18.4. The van der Waals surface area contributed by atoms with Crippen molar-refractivity contribution in [1.82, 2.24) is 0 Å². The van der Waals surface area contributed by atoms with E-state index in [0.717, 1.165) is 5.56 Å². The van der Waals surface area contributed by atoms with Gasteiger partial charge in [-0.25, -0.2) is 4.79 Å². The third-order valence-electron chi connectivity index (χ3n) is 4.79. The third-order valence-corrected chi connectivity index (χ3v) is 4.79. The van der Waals surface area contributed by atoms with E-state index in [1.807, 2.05) is 42.5 Å². The summed E-state index contributed by atoms with van der Waals surface area (Å²) in [4.78, 5) is 24.9. The van der Waals surface area contributed by atoms with Crippen LogP contribution < -0.4 is 10.2 Å². The summed E-state index contributed by atoms with van der Waals surface area (Å²) in [7, 11) is 1.46. The highest BCUT2D eigenvalue weighted by Gasteiger charge is 2.17. The Balaban J connectivity index is 1.83. The van der Waals surface area contributed by atoms with Gasteiger partial charge in [0.25, 0.3) is 5.95 Å². The summed E-state index contributed by atoms with van der Waals surface area (Å²) >= 11 is 0. The fourth-order valence-corrected chi connectivity index (χ4v) is 3.08. The summed E-state index contributed by atoms with van der Waals surface area (Å²) in [5, 5.41) is 0. The van der Waals surface area contributed by atoms with Crippen LogP contribution in [0, 0.1) is 13.8 Å². The number of benzene rings is 2. The van der Waals surface area contributed by atoms with Crippen LogP contribution in [0.25, 0.3) is 6.08 Å². The van der Waals surface area contributed by atoms with Crippen LogP contribution in [0.3, 0.4) is 0 Å². The molecular formula is C25H24O5. The Kier molecular flexibility index (Phi) is 6.86. The molecule has 1 aromatic heterocycles. The Hall–Kier alpha value is -3.60. The lowest BCUT2D eigenvalue weighted by molar-refractivity contribution is 0.0303. The highest BCUT2D eigenvalue weighted by molar-refractivity contribution is 5.89. The standard InChI is InChI=1S/C25H24O5/c1-17-21(30-25(28-3)18(2)23(17)26)15-10-16-22(19-11-6-4-7-12-19)29-24(27)20-13-8-5-9-14-20/h4-15,22H,16H2,1-3H3/b15-10+. The SMILES string of the molecule is COc1oc(/C=C/CC(OC(=O)c2ccccc2)c2ccccc2)c(C)c(=O)c1C. The zero-order valence-electron chi connectivity index (χ0n) is 17.3. The topological polar surface area (TPSA) is 65.7 Å². The fraction of sp³-hybridized carbons (Fsp3) is 0.200. The van der Waals surface area contributed by atoms with Crippen molar-refractivity contribution in [3.05, 3.63) is 105 Å². The van der Waals surface area contributed by atoms with Crippen LogP contribution in [0.4, 0.5) is 0 Å². The van der Waals surface area contributed by atoms with Crippen LogP contribution in [0.5, 0.6) is 5.95 Å². The molecule has 0 spiro atoms. The first-order valence-corrected chi connectivity index (χ1v) is 9.67. The van der Waals surface area contributed by atoms with Gasteiger partial charge in [0.1, 0.15) is 11.9 Å². The van der Waals surface area contributed by atoms with E-state index in [4.69, 9.17) is 13.9 Å². The minimum absolute atomic E-state index is 0.118. The summed E-state index contributed by atoms with van der Waals surface area (Å²) in [5.41, 5.74) is 2.19. The van der Waals surface area contributed by atoms with Crippen LogP contribution in [-0.2, 0) is 4.74 Å². The zero-order chi connectivity index (χ0) is 21.5. The quantitative estimate of drug-likeness (QED) is 0.502. The number of carbonyl (C=O) groups excluding carboxylic acids is 1. The second-order valence-electron chi connectivity index (χ2n) is 6.85. The van der Waals surface area contributed by atoms with E-state index in [-0.39, 0.29) is 11.4 Å². The number of ether oxygens (including phenoxy) is 2. The molecule has 1 unspecified atom stereocenters. The largest absolute Gasteiger partial charge is 0.468 e. The molecule has 0 aliphatic rings. The van der Waals surface area contributed by atoms with Crippen molar-refractivity contribution < 1.29 is 18.7 Å². The number of methoxy groups -OCH3 is 1. The average Bonchev–Trinajstić information content (AvgIpc) is 2.79. The van der Waals surface area contributed by atoms with Gasteiger partial charge < -0.3 is 13.9 Å². The molecule has 0 N–H and O–H groups in total. The van der Waals surface area contributed by atoms with Crippen molar-refractivity contribution in [3.63, 3.8) is 0 Å². The first-order valence-electron chi connectivity index (χ1n) is 9.67.